The van der Waals surface area contributed by atoms with Crippen molar-refractivity contribution >= 4 is 21.9 Å². The SMILES string of the molecule is O=C1OCC[C@H]1n1cnc(Br)n1. The molecule has 2 rings (SSSR count). The topological polar surface area (TPSA) is 57.0 Å². The van der Waals surface area contributed by atoms with Gasteiger partial charge in [-0.15, -0.1) is 5.10 Å². The van der Waals surface area contributed by atoms with Crippen LogP contribution >= 0.6 is 15.9 Å². The highest BCUT2D eigenvalue weighted by Crippen LogP contribution is 2.19. The molecule has 1 aliphatic heterocycles. The first-order valence-electron chi connectivity index (χ1n) is 3.50. The van der Waals surface area contributed by atoms with Crippen LogP contribution < -0.4 is 0 Å². The number of carbonyl (C=O) groups is 1. The molecule has 64 valence electrons. The molecule has 6 heteroatoms. The number of halogens is 1. The summed E-state index contributed by atoms with van der Waals surface area (Å²) in [7, 11) is 0. The number of aromatic nitrogens is 3. The monoisotopic (exact) mass is 231 g/mol. The van der Waals surface area contributed by atoms with Gasteiger partial charge in [0.2, 0.25) is 4.73 Å². The van der Waals surface area contributed by atoms with Crippen LogP contribution in [-0.2, 0) is 9.53 Å². The Balaban J connectivity index is 2.24. The summed E-state index contributed by atoms with van der Waals surface area (Å²) < 4.78 is 6.79. The molecule has 0 amide bonds. The summed E-state index contributed by atoms with van der Waals surface area (Å²) in [4.78, 5) is 14.9. The molecule has 0 saturated carbocycles. The van der Waals surface area contributed by atoms with Crippen LogP contribution in [0.4, 0.5) is 0 Å². The number of carbonyl (C=O) groups excluding carboxylic acids is 1. The van der Waals surface area contributed by atoms with Crippen molar-refractivity contribution in [3.8, 4) is 0 Å². The number of cyclic esters (lactones) is 1. The van der Waals surface area contributed by atoms with Crippen LogP contribution in [0.3, 0.4) is 0 Å². The summed E-state index contributed by atoms with van der Waals surface area (Å²) in [5, 5.41) is 3.96. The zero-order valence-electron chi connectivity index (χ0n) is 6.11. The summed E-state index contributed by atoms with van der Waals surface area (Å²) in [6.45, 7) is 0.473. The van der Waals surface area contributed by atoms with E-state index in [1.165, 1.54) is 11.0 Å². The molecule has 5 nitrogen and oxygen atoms in total. The van der Waals surface area contributed by atoms with Crippen LogP contribution in [0, 0.1) is 0 Å². The fourth-order valence-electron chi connectivity index (χ4n) is 1.13. The van der Waals surface area contributed by atoms with Crippen LogP contribution in [0.25, 0.3) is 0 Å². The first-order valence-corrected chi connectivity index (χ1v) is 4.30. The zero-order chi connectivity index (χ0) is 8.55. The Morgan fingerprint density at radius 3 is 3.08 bits per heavy atom. The van der Waals surface area contributed by atoms with Gasteiger partial charge in [-0.2, -0.15) is 0 Å². The van der Waals surface area contributed by atoms with Gasteiger partial charge in [0.1, 0.15) is 6.33 Å². The molecule has 0 aromatic carbocycles. The second-order valence-corrected chi connectivity index (χ2v) is 3.17. The predicted octanol–water partition coefficient (Wildman–Crippen LogP) is 0.529. The molecule has 2 heterocycles. The average Bonchev–Trinajstić information content (AvgIpc) is 2.58. The van der Waals surface area contributed by atoms with Crippen molar-refractivity contribution < 1.29 is 9.53 Å². The predicted molar refractivity (Wildman–Crippen MR) is 42.3 cm³/mol. The second kappa shape index (κ2) is 2.85. The van der Waals surface area contributed by atoms with Gasteiger partial charge in [0.15, 0.2) is 6.04 Å². The maximum atomic E-state index is 11.1. The molecule has 12 heavy (non-hydrogen) atoms. The molecule has 1 fully saturated rings. The number of rotatable bonds is 1. The molecule has 1 aromatic rings. The lowest BCUT2D eigenvalue weighted by molar-refractivity contribution is -0.140. The Morgan fingerprint density at radius 1 is 1.75 bits per heavy atom. The van der Waals surface area contributed by atoms with Crippen molar-refractivity contribution in [1.82, 2.24) is 14.8 Å². The number of hydrogen-bond acceptors (Lipinski definition) is 4. The van der Waals surface area contributed by atoms with Crippen molar-refractivity contribution in [2.24, 2.45) is 0 Å². The maximum Gasteiger partial charge on any atom is 0.331 e. The van der Waals surface area contributed by atoms with E-state index in [4.69, 9.17) is 4.74 Å². The van der Waals surface area contributed by atoms with E-state index >= 15 is 0 Å². The van der Waals surface area contributed by atoms with Gasteiger partial charge in [0.25, 0.3) is 0 Å². The second-order valence-electron chi connectivity index (χ2n) is 2.47. The lowest BCUT2D eigenvalue weighted by atomic mass is 10.3. The van der Waals surface area contributed by atoms with Gasteiger partial charge >= 0.3 is 5.97 Å². The van der Waals surface area contributed by atoms with Crippen LogP contribution in [0.2, 0.25) is 0 Å². The molecule has 0 aliphatic carbocycles. The van der Waals surface area contributed by atoms with E-state index in [1.54, 1.807) is 0 Å². The van der Waals surface area contributed by atoms with Crippen molar-refractivity contribution in [2.45, 2.75) is 12.5 Å². The molecular weight excluding hydrogens is 226 g/mol. The number of hydrogen-bond donors (Lipinski definition) is 0. The summed E-state index contributed by atoms with van der Waals surface area (Å²) >= 11 is 3.10. The number of ether oxygens (including phenoxy) is 1. The quantitative estimate of drug-likeness (QED) is 0.662. The van der Waals surface area contributed by atoms with E-state index in [0.29, 0.717) is 17.8 Å². The van der Waals surface area contributed by atoms with E-state index in [2.05, 4.69) is 26.0 Å². The standard InChI is InChI=1S/C6H6BrN3O2/c7-6-8-3-10(9-6)4-1-2-12-5(4)11/h3-4H,1-2H2/t4-/m1/s1. The summed E-state index contributed by atoms with van der Waals surface area (Å²) in [5.74, 6) is -0.229. The maximum absolute atomic E-state index is 11.1. The van der Waals surface area contributed by atoms with E-state index in [9.17, 15) is 4.79 Å². The largest absolute Gasteiger partial charge is 0.464 e. The van der Waals surface area contributed by atoms with Gasteiger partial charge in [0, 0.05) is 6.42 Å². The molecule has 1 aliphatic rings. The lowest BCUT2D eigenvalue weighted by Gasteiger charge is -2.02. The zero-order valence-corrected chi connectivity index (χ0v) is 7.69. The van der Waals surface area contributed by atoms with Crippen molar-refractivity contribution in [1.29, 1.82) is 0 Å². The first kappa shape index (κ1) is 7.72. The van der Waals surface area contributed by atoms with Gasteiger partial charge in [-0.05, 0) is 15.9 Å². The molecular formula is C6H6BrN3O2. The van der Waals surface area contributed by atoms with E-state index in [-0.39, 0.29) is 12.0 Å². The third kappa shape index (κ3) is 1.22. The number of nitrogens with zero attached hydrogens (tertiary/aromatic N) is 3. The van der Waals surface area contributed by atoms with E-state index in [1.807, 2.05) is 0 Å². The molecule has 1 atom stereocenters. The average molecular weight is 232 g/mol. The fourth-order valence-corrected chi connectivity index (χ4v) is 1.40. The minimum absolute atomic E-state index is 0.229. The van der Waals surface area contributed by atoms with Crippen LogP contribution in [0.15, 0.2) is 11.1 Å². The highest BCUT2D eigenvalue weighted by molar-refractivity contribution is 9.10. The van der Waals surface area contributed by atoms with Gasteiger partial charge in [-0.3, -0.25) is 0 Å². The molecule has 0 spiro atoms. The van der Waals surface area contributed by atoms with Crippen molar-refractivity contribution in [3.63, 3.8) is 0 Å². The van der Waals surface area contributed by atoms with Crippen molar-refractivity contribution in [3.05, 3.63) is 11.1 Å². The summed E-state index contributed by atoms with van der Waals surface area (Å²) in [6.07, 6.45) is 2.19. The molecule has 0 unspecified atom stereocenters. The van der Waals surface area contributed by atoms with Gasteiger partial charge < -0.3 is 4.74 Å². The van der Waals surface area contributed by atoms with Crippen LogP contribution in [0.1, 0.15) is 12.5 Å². The molecule has 1 aromatic heterocycles. The van der Waals surface area contributed by atoms with Gasteiger partial charge in [-0.25, -0.2) is 14.5 Å². The summed E-state index contributed by atoms with van der Waals surface area (Å²) in [5.41, 5.74) is 0. The van der Waals surface area contributed by atoms with Gasteiger partial charge in [-0.1, -0.05) is 0 Å². The molecule has 0 N–H and O–H groups in total. The van der Waals surface area contributed by atoms with Gasteiger partial charge in [0.05, 0.1) is 6.61 Å². The first-order chi connectivity index (χ1) is 5.77. The third-order valence-corrected chi connectivity index (χ3v) is 2.07. The smallest absolute Gasteiger partial charge is 0.331 e. The minimum Gasteiger partial charge on any atom is -0.464 e. The summed E-state index contributed by atoms with van der Waals surface area (Å²) in [6, 6.07) is -0.288. The Labute approximate surface area is 76.9 Å². The number of esters is 1. The fraction of sp³-hybridized carbons (Fsp3) is 0.500. The van der Waals surface area contributed by atoms with Crippen LogP contribution in [0.5, 0.6) is 0 Å². The Morgan fingerprint density at radius 2 is 2.58 bits per heavy atom. The Bertz CT molecular complexity index is 311. The highest BCUT2D eigenvalue weighted by Gasteiger charge is 2.28. The molecule has 0 bridgehead atoms. The third-order valence-electron chi connectivity index (χ3n) is 1.71. The normalized spacial score (nSPS) is 22.8. The molecule has 1 saturated heterocycles. The molecule has 0 radical (unpaired) electrons. The Hall–Kier alpha value is -0.910. The lowest BCUT2D eigenvalue weighted by Crippen LogP contribution is -2.14. The minimum atomic E-state index is -0.288. The van der Waals surface area contributed by atoms with E-state index in [0.717, 1.165) is 0 Å². The highest BCUT2D eigenvalue weighted by atomic mass is 79.9. The van der Waals surface area contributed by atoms with E-state index < -0.39 is 0 Å². The Kier molecular flexibility index (Phi) is 1.84. The van der Waals surface area contributed by atoms with Crippen LogP contribution in [-0.4, -0.2) is 27.3 Å². The van der Waals surface area contributed by atoms with Crippen molar-refractivity contribution in [2.75, 3.05) is 6.61 Å².